The molecular weight excluding hydrogens is 196 g/mol. The van der Waals surface area contributed by atoms with E-state index in [-0.39, 0.29) is 5.92 Å². The first-order valence-electron chi connectivity index (χ1n) is 5.11. The van der Waals surface area contributed by atoms with Crippen molar-refractivity contribution in [2.24, 2.45) is 11.8 Å². The molecule has 0 aromatic rings. The summed E-state index contributed by atoms with van der Waals surface area (Å²) < 4.78 is 0. The summed E-state index contributed by atoms with van der Waals surface area (Å²) in [5.74, 6) is 2.01. The van der Waals surface area contributed by atoms with Gasteiger partial charge in [0.05, 0.1) is 5.92 Å². The molecule has 82 valence electrons. The predicted octanol–water partition coefficient (Wildman–Crippen LogP) is 0.663. The fraction of sp³-hybridized carbons (Fsp3) is 0.900. The van der Waals surface area contributed by atoms with Crippen LogP contribution in [0.4, 0.5) is 0 Å². The molecule has 0 radical (unpaired) electrons. The normalized spacial score (nSPS) is 26.5. The Bertz CT molecular complexity index is 199. The summed E-state index contributed by atoms with van der Waals surface area (Å²) in [7, 11) is 1.91. The molecule has 0 saturated carbocycles. The molecule has 2 atom stereocenters. The topological polar surface area (TPSA) is 32.3 Å². The van der Waals surface area contributed by atoms with Crippen LogP contribution in [0.3, 0.4) is 0 Å². The highest BCUT2D eigenvalue weighted by atomic mass is 32.2. The first kappa shape index (κ1) is 11.9. The lowest BCUT2D eigenvalue weighted by atomic mass is 9.97. The molecule has 1 aliphatic rings. The lowest BCUT2D eigenvalue weighted by Gasteiger charge is -2.22. The number of hydrogen-bond donors (Lipinski definition) is 1. The van der Waals surface area contributed by atoms with Crippen molar-refractivity contribution in [2.45, 2.75) is 6.92 Å². The molecule has 0 spiro atoms. The van der Waals surface area contributed by atoms with Crippen LogP contribution in [-0.2, 0) is 4.79 Å². The molecule has 4 heteroatoms. The van der Waals surface area contributed by atoms with Crippen molar-refractivity contribution in [3.63, 3.8) is 0 Å². The number of carbonyl (C=O) groups excluding carboxylic acids is 1. The molecule has 14 heavy (non-hydrogen) atoms. The van der Waals surface area contributed by atoms with E-state index in [2.05, 4.69) is 18.5 Å². The van der Waals surface area contributed by atoms with Gasteiger partial charge < -0.3 is 10.2 Å². The van der Waals surface area contributed by atoms with Gasteiger partial charge in [-0.1, -0.05) is 6.92 Å². The lowest BCUT2D eigenvalue weighted by Crippen LogP contribution is -2.37. The van der Waals surface area contributed by atoms with Crippen LogP contribution in [0.5, 0.6) is 0 Å². The van der Waals surface area contributed by atoms with Crippen molar-refractivity contribution < 1.29 is 4.79 Å². The molecule has 1 amide bonds. The minimum Gasteiger partial charge on any atom is -0.345 e. The molecular formula is C10H20N2OS. The highest BCUT2D eigenvalue weighted by Gasteiger charge is 2.31. The van der Waals surface area contributed by atoms with Gasteiger partial charge in [0.25, 0.3) is 0 Å². The van der Waals surface area contributed by atoms with Gasteiger partial charge in [0, 0.05) is 25.9 Å². The van der Waals surface area contributed by atoms with E-state index < -0.39 is 0 Å². The Morgan fingerprint density at radius 2 is 2.29 bits per heavy atom. The number of nitrogens with zero attached hydrogens (tertiary/aromatic N) is 1. The van der Waals surface area contributed by atoms with E-state index in [0.29, 0.717) is 11.8 Å². The van der Waals surface area contributed by atoms with E-state index in [1.807, 2.05) is 11.9 Å². The molecule has 0 aromatic carbocycles. The van der Waals surface area contributed by atoms with Gasteiger partial charge >= 0.3 is 0 Å². The monoisotopic (exact) mass is 216 g/mol. The standard InChI is InChI=1S/C10H20N2OS/c1-8-6-11-7-9(8)10(13)12(2)4-5-14-3/h8-9,11H,4-7H2,1-3H3. The zero-order valence-corrected chi connectivity index (χ0v) is 10.1. The summed E-state index contributed by atoms with van der Waals surface area (Å²) >= 11 is 1.78. The average Bonchev–Trinajstić information content (AvgIpc) is 2.59. The second-order valence-electron chi connectivity index (χ2n) is 3.99. The number of hydrogen-bond acceptors (Lipinski definition) is 3. The Labute approximate surface area is 90.6 Å². The third-order valence-electron chi connectivity index (χ3n) is 2.84. The minimum absolute atomic E-state index is 0.196. The molecule has 0 bridgehead atoms. The summed E-state index contributed by atoms with van der Waals surface area (Å²) in [6.07, 6.45) is 2.07. The summed E-state index contributed by atoms with van der Waals surface area (Å²) in [6.45, 7) is 4.84. The largest absolute Gasteiger partial charge is 0.345 e. The molecule has 2 unspecified atom stereocenters. The molecule has 3 nitrogen and oxygen atoms in total. The van der Waals surface area contributed by atoms with Crippen molar-refractivity contribution >= 4 is 17.7 Å². The highest BCUT2D eigenvalue weighted by molar-refractivity contribution is 7.98. The second-order valence-corrected chi connectivity index (χ2v) is 4.98. The van der Waals surface area contributed by atoms with E-state index in [1.165, 1.54) is 0 Å². The van der Waals surface area contributed by atoms with Crippen LogP contribution in [0.15, 0.2) is 0 Å². The van der Waals surface area contributed by atoms with Crippen molar-refractivity contribution in [1.29, 1.82) is 0 Å². The van der Waals surface area contributed by atoms with E-state index in [0.717, 1.165) is 25.4 Å². The van der Waals surface area contributed by atoms with Crippen molar-refractivity contribution in [1.82, 2.24) is 10.2 Å². The number of rotatable bonds is 4. The van der Waals surface area contributed by atoms with Gasteiger partial charge in [-0.05, 0) is 18.7 Å². The Balaban J connectivity index is 2.39. The average molecular weight is 216 g/mol. The van der Waals surface area contributed by atoms with Gasteiger partial charge in [0.1, 0.15) is 0 Å². The van der Waals surface area contributed by atoms with Crippen LogP contribution in [0.2, 0.25) is 0 Å². The maximum Gasteiger partial charge on any atom is 0.227 e. The maximum atomic E-state index is 11.9. The van der Waals surface area contributed by atoms with Crippen molar-refractivity contribution in [2.75, 3.05) is 38.7 Å². The molecule has 1 N–H and O–H groups in total. The fourth-order valence-electron chi connectivity index (χ4n) is 1.76. The van der Waals surface area contributed by atoms with E-state index in [4.69, 9.17) is 0 Å². The quantitative estimate of drug-likeness (QED) is 0.749. The zero-order chi connectivity index (χ0) is 10.6. The van der Waals surface area contributed by atoms with Crippen molar-refractivity contribution in [3.8, 4) is 0 Å². The number of amides is 1. The van der Waals surface area contributed by atoms with Gasteiger partial charge in [0.15, 0.2) is 0 Å². The van der Waals surface area contributed by atoms with Gasteiger partial charge in [-0.2, -0.15) is 11.8 Å². The van der Waals surface area contributed by atoms with Crippen LogP contribution in [0, 0.1) is 11.8 Å². The van der Waals surface area contributed by atoms with Crippen LogP contribution >= 0.6 is 11.8 Å². The van der Waals surface area contributed by atoms with Gasteiger partial charge in [-0.15, -0.1) is 0 Å². The minimum atomic E-state index is 0.196. The number of nitrogens with one attached hydrogen (secondary N) is 1. The maximum absolute atomic E-state index is 11.9. The van der Waals surface area contributed by atoms with Crippen LogP contribution in [0.25, 0.3) is 0 Å². The molecule has 0 aliphatic carbocycles. The summed E-state index contributed by atoms with van der Waals surface area (Å²) in [4.78, 5) is 13.8. The van der Waals surface area contributed by atoms with Crippen molar-refractivity contribution in [3.05, 3.63) is 0 Å². The van der Waals surface area contributed by atoms with Crippen LogP contribution in [-0.4, -0.2) is 49.5 Å². The Morgan fingerprint density at radius 1 is 1.57 bits per heavy atom. The molecule has 1 rings (SSSR count). The number of carbonyl (C=O) groups is 1. The van der Waals surface area contributed by atoms with E-state index in [1.54, 1.807) is 11.8 Å². The van der Waals surface area contributed by atoms with Crippen LogP contribution < -0.4 is 5.32 Å². The zero-order valence-electron chi connectivity index (χ0n) is 9.25. The van der Waals surface area contributed by atoms with Gasteiger partial charge in [0.2, 0.25) is 5.91 Å². The second kappa shape index (κ2) is 5.61. The van der Waals surface area contributed by atoms with Crippen LogP contribution in [0.1, 0.15) is 6.92 Å². The van der Waals surface area contributed by atoms with Gasteiger partial charge in [-0.25, -0.2) is 0 Å². The molecule has 1 heterocycles. The molecule has 0 aromatic heterocycles. The fourth-order valence-corrected chi connectivity index (χ4v) is 2.22. The Hall–Kier alpha value is -0.220. The van der Waals surface area contributed by atoms with E-state index >= 15 is 0 Å². The predicted molar refractivity (Wildman–Crippen MR) is 61.5 cm³/mol. The highest BCUT2D eigenvalue weighted by Crippen LogP contribution is 2.17. The lowest BCUT2D eigenvalue weighted by molar-refractivity contribution is -0.134. The molecule has 1 fully saturated rings. The summed E-state index contributed by atoms with van der Waals surface area (Å²) in [5, 5.41) is 3.26. The summed E-state index contributed by atoms with van der Waals surface area (Å²) in [6, 6.07) is 0. The first-order valence-corrected chi connectivity index (χ1v) is 6.50. The third-order valence-corrected chi connectivity index (χ3v) is 3.43. The molecule has 1 saturated heterocycles. The molecule has 1 aliphatic heterocycles. The van der Waals surface area contributed by atoms with E-state index in [9.17, 15) is 4.79 Å². The number of thioether (sulfide) groups is 1. The summed E-state index contributed by atoms with van der Waals surface area (Å²) in [5.41, 5.74) is 0. The third kappa shape index (κ3) is 2.89. The first-order chi connectivity index (χ1) is 6.66. The smallest absolute Gasteiger partial charge is 0.227 e. The SMILES string of the molecule is CSCCN(C)C(=O)C1CNCC1C. The Kier molecular flexibility index (Phi) is 4.75. The van der Waals surface area contributed by atoms with Gasteiger partial charge in [-0.3, -0.25) is 4.79 Å². The Morgan fingerprint density at radius 3 is 2.79 bits per heavy atom.